The van der Waals surface area contributed by atoms with Gasteiger partial charge in [0.2, 0.25) is 0 Å². The SMILES string of the molecule is Cc1cc(C#N)nc(C)c1Cl. The van der Waals surface area contributed by atoms with Gasteiger partial charge in [-0.2, -0.15) is 5.26 Å². The Labute approximate surface area is 70.4 Å². The molecule has 11 heavy (non-hydrogen) atoms. The molecule has 1 heterocycles. The summed E-state index contributed by atoms with van der Waals surface area (Å²) in [6.45, 7) is 3.65. The zero-order valence-corrected chi connectivity index (χ0v) is 7.11. The molecule has 56 valence electrons. The number of hydrogen-bond acceptors (Lipinski definition) is 2. The number of aryl methyl sites for hydroxylation is 2. The molecule has 0 saturated carbocycles. The minimum absolute atomic E-state index is 0.421. The van der Waals surface area contributed by atoms with Gasteiger partial charge in [0.25, 0.3) is 0 Å². The summed E-state index contributed by atoms with van der Waals surface area (Å²) < 4.78 is 0. The van der Waals surface area contributed by atoms with Crippen LogP contribution in [0.5, 0.6) is 0 Å². The maximum atomic E-state index is 8.52. The molecule has 0 N–H and O–H groups in total. The number of rotatable bonds is 0. The monoisotopic (exact) mass is 166 g/mol. The number of halogens is 1. The lowest BCUT2D eigenvalue weighted by Crippen LogP contribution is -1.90. The molecule has 0 amide bonds. The minimum Gasteiger partial charge on any atom is -0.241 e. The van der Waals surface area contributed by atoms with Gasteiger partial charge in [-0.1, -0.05) is 11.6 Å². The lowest BCUT2D eigenvalue weighted by atomic mass is 10.2. The van der Waals surface area contributed by atoms with Gasteiger partial charge in [0.1, 0.15) is 11.8 Å². The molecule has 0 saturated heterocycles. The smallest absolute Gasteiger partial charge is 0.141 e. The third kappa shape index (κ3) is 1.50. The first-order chi connectivity index (χ1) is 5.15. The fourth-order valence-electron chi connectivity index (χ4n) is 0.873. The highest BCUT2D eigenvalue weighted by atomic mass is 35.5. The van der Waals surface area contributed by atoms with Crippen molar-refractivity contribution in [1.82, 2.24) is 4.98 Å². The van der Waals surface area contributed by atoms with Gasteiger partial charge in [0.05, 0.1) is 10.7 Å². The van der Waals surface area contributed by atoms with Crippen LogP contribution >= 0.6 is 11.6 Å². The van der Waals surface area contributed by atoms with E-state index in [9.17, 15) is 0 Å². The summed E-state index contributed by atoms with van der Waals surface area (Å²) in [4.78, 5) is 3.96. The van der Waals surface area contributed by atoms with E-state index in [1.165, 1.54) is 0 Å². The predicted octanol–water partition coefficient (Wildman–Crippen LogP) is 2.22. The van der Waals surface area contributed by atoms with Crippen LogP contribution in [0, 0.1) is 25.2 Å². The standard InChI is InChI=1S/C8H7ClN2/c1-5-3-7(4-10)11-6(2)8(5)9/h3H,1-2H3. The summed E-state index contributed by atoms with van der Waals surface area (Å²) in [7, 11) is 0. The molecular weight excluding hydrogens is 160 g/mol. The van der Waals surface area contributed by atoms with Gasteiger partial charge < -0.3 is 0 Å². The van der Waals surface area contributed by atoms with Gasteiger partial charge in [-0.3, -0.25) is 0 Å². The molecular formula is C8H7ClN2. The van der Waals surface area contributed by atoms with E-state index < -0.39 is 0 Å². The Morgan fingerprint density at radius 1 is 1.55 bits per heavy atom. The van der Waals surface area contributed by atoms with Crippen LogP contribution < -0.4 is 0 Å². The van der Waals surface area contributed by atoms with Gasteiger partial charge in [-0.05, 0) is 25.5 Å². The van der Waals surface area contributed by atoms with Crippen LogP contribution in [0.1, 0.15) is 17.0 Å². The Kier molecular flexibility index (Phi) is 2.11. The zero-order valence-electron chi connectivity index (χ0n) is 6.35. The quantitative estimate of drug-likeness (QED) is 0.593. The summed E-state index contributed by atoms with van der Waals surface area (Å²) >= 11 is 5.83. The van der Waals surface area contributed by atoms with E-state index in [4.69, 9.17) is 16.9 Å². The molecule has 0 bridgehead atoms. The maximum Gasteiger partial charge on any atom is 0.141 e. The molecule has 0 spiro atoms. The Balaban J connectivity index is 3.35. The molecule has 1 rings (SSSR count). The number of nitriles is 1. The third-order valence-corrected chi connectivity index (χ3v) is 1.99. The van der Waals surface area contributed by atoms with Crippen LogP contribution in [0.4, 0.5) is 0 Å². The third-order valence-electron chi connectivity index (χ3n) is 1.42. The molecule has 3 heteroatoms. The Bertz CT molecular complexity index is 302. The Morgan fingerprint density at radius 3 is 2.64 bits per heavy atom. The van der Waals surface area contributed by atoms with Crippen molar-refractivity contribution in [2.45, 2.75) is 13.8 Å². The zero-order chi connectivity index (χ0) is 8.43. The molecule has 0 aliphatic rings. The number of nitrogens with zero attached hydrogens (tertiary/aromatic N) is 2. The van der Waals surface area contributed by atoms with E-state index in [-0.39, 0.29) is 0 Å². The Morgan fingerprint density at radius 2 is 2.18 bits per heavy atom. The van der Waals surface area contributed by atoms with E-state index in [1.807, 2.05) is 13.0 Å². The predicted molar refractivity (Wildman–Crippen MR) is 43.4 cm³/mol. The molecule has 1 aromatic heterocycles. The summed E-state index contributed by atoms with van der Waals surface area (Å²) in [5, 5.41) is 9.16. The highest BCUT2D eigenvalue weighted by Gasteiger charge is 2.02. The van der Waals surface area contributed by atoms with Gasteiger partial charge >= 0.3 is 0 Å². The van der Waals surface area contributed by atoms with Crippen molar-refractivity contribution in [3.63, 3.8) is 0 Å². The second-order valence-electron chi connectivity index (χ2n) is 2.34. The lowest BCUT2D eigenvalue weighted by molar-refractivity contribution is 1.14. The van der Waals surface area contributed by atoms with Crippen LogP contribution in [-0.4, -0.2) is 4.98 Å². The fraction of sp³-hybridized carbons (Fsp3) is 0.250. The van der Waals surface area contributed by atoms with E-state index in [2.05, 4.69) is 4.98 Å². The second kappa shape index (κ2) is 2.89. The van der Waals surface area contributed by atoms with Crippen LogP contribution in [0.25, 0.3) is 0 Å². The number of hydrogen-bond donors (Lipinski definition) is 0. The Hall–Kier alpha value is -1.07. The van der Waals surface area contributed by atoms with Gasteiger partial charge in [-0.25, -0.2) is 4.98 Å². The topological polar surface area (TPSA) is 36.7 Å². The number of aromatic nitrogens is 1. The molecule has 0 aliphatic carbocycles. The van der Waals surface area contributed by atoms with Crippen molar-refractivity contribution in [2.24, 2.45) is 0 Å². The van der Waals surface area contributed by atoms with Crippen LogP contribution in [0.15, 0.2) is 6.07 Å². The van der Waals surface area contributed by atoms with Crippen molar-refractivity contribution in [1.29, 1.82) is 5.26 Å². The molecule has 1 aromatic rings. The first-order valence-corrected chi connectivity index (χ1v) is 3.57. The second-order valence-corrected chi connectivity index (χ2v) is 2.71. The molecule has 0 aliphatic heterocycles. The van der Waals surface area contributed by atoms with Gasteiger partial charge in [0, 0.05) is 0 Å². The fourth-order valence-corrected chi connectivity index (χ4v) is 0.970. The largest absolute Gasteiger partial charge is 0.241 e. The average molecular weight is 167 g/mol. The normalized spacial score (nSPS) is 9.27. The van der Waals surface area contributed by atoms with Crippen LogP contribution in [0.3, 0.4) is 0 Å². The first kappa shape index (κ1) is 8.03. The van der Waals surface area contributed by atoms with E-state index in [1.54, 1.807) is 13.0 Å². The highest BCUT2D eigenvalue weighted by molar-refractivity contribution is 6.31. The van der Waals surface area contributed by atoms with Crippen LogP contribution in [0.2, 0.25) is 5.02 Å². The summed E-state index contributed by atoms with van der Waals surface area (Å²) in [5.74, 6) is 0. The summed E-state index contributed by atoms with van der Waals surface area (Å²) in [6, 6.07) is 3.64. The summed E-state index contributed by atoms with van der Waals surface area (Å²) in [5.41, 5.74) is 2.03. The van der Waals surface area contributed by atoms with Crippen molar-refractivity contribution >= 4 is 11.6 Å². The van der Waals surface area contributed by atoms with Crippen LogP contribution in [-0.2, 0) is 0 Å². The van der Waals surface area contributed by atoms with E-state index in [0.717, 1.165) is 5.56 Å². The molecule has 0 radical (unpaired) electrons. The molecule has 0 atom stereocenters. The molecule has 0 unspecified atom stereocenters. The average Bonchev–Trinajstić information content (AvgIpc) is 1.99. The first-order valence-electron chi connectivity index (χ1n) is 3.19. The maximum absolute atomic E-state index is 8.52. The van der Waals surface area contributed by atoms with Crippen molar-refractivity contribution in [3.8, 4) is 6.07 Å². The lowest BCUT2D eigenvalue weighted by Gasteiger charge is -2.00. The number of pyridine rings is 1. The van der Waals surface area contributed by atoms with Crippen molar-refractivity contribution < 1.29 is 0 Å². The highest BCUT2D eigenvalue weighted by Crippen LogP contribution is 2.18. The van der Waals surface area contributed by atoms with Crippen molar-refractivity contribution in [3.05, 3.63) is 28.0 Å². The van der Waals surface area contributed by atoms with Gasteiger partial charge in [-0.15, -0.1) is 0 Å². The molecule has 0 fully saturated rings. The van der Waals surface area contributed by atoms with Crippen molar-refractivity contribution in [2.75, 3.05) is 0 Å². The van der Waals surface area contributed by atoms with E-state index in [0.29, 0.717) is 16.4 Å². The molecule has 0 aromatic carbocycles. The summed E-state index contributed by atoms with van der Waals surface area (Å²) in [6.07, 6.45) is 0. The van der Waals surface area contributed by atoms with E-state index >= 15 is 0 Å². The van der Waals surface area contributed by atoms with Gasteiger partial charge in [0.15, 0.2) is 0 Å². The minimum atomic E-state index is 0.421. The molecule has 2 nitrogen and oxygen atoms in total.